The first-order valence-corrected chi connectivity index (χ1v) is 11.3. The van der Waals surface area contributed by atoms with E-state index >= 15 is 0 Å². The lowest BCUT2D eigenvalue weighted by Gasteiger charge is -2.62. The van der Waals surface area contributed by atoms with Crippen molar-refractivity contribution < 1.29 is 9.53 Å². The van der Waals surface area contributed by atoms with E-state index in [1.54, 1.807) is 7.11 Å². The van der Waals surface area contributed by atoms with Gasteiger partial charge in [-0.1, -0.05) is 27.2 Å². The average molecular weight is 360 g/mol. The normalized spacial score (nSPS) is 51.7. The molecule has 3 heterocycles. The number of hydrogen-bond acceptors (Lipinski definition) is 3. The molecule has 2 aliphatic carbocycles. The minimum Gasteiger partial charge on any atom is -0.469 e. The number of nitrogens with zero attached hydrogens (tertiary/aromatic N) is 1. The van der Waals surface area contributed by atoms with Crippen molar-refractivity contribution in [3.63, 3.8) is 0 Å². The lowest BCUT2D eigenvalue weighted by atomic mass is 9.43. The molecule has 0 aromatic heterocycles. The van der Waals surface area contributed by atoms with E-state index in [0.29, 0.717) is 17.3 Å². The fourth-order valence-corrected chi connectivity index (χ4v) is 9.34. The Labute approximate surface area is 159 Å². The molecule has 3 aliphatic heterocycles. The standard InChI is InChI=1S/C23H37NO2/c1-14(2)15-10-12-22(3)19-9-8-18-16-6-5-7-17(16)23(22,21(15)24(18)19)13-11-20(25)26-4/h14-19,21H,5-13H2,1-4H3/t15-,16?,17-,18-,19?,21-,22+,23+/m1/s1. The Bertz CT molecular complexity index is 603. The van der Waals surface area contributed by atoms with E-state index in [1.807, 2.05) is 0 Å². The monoisotopic (exact) mass is 359 g/mol. The minimum atomic E-state index is 0.00544. The van der Waals surface area contributed by atoms with Crippen LogP contribution in [0, 0.1) is 34.5 Å². The highest BCUT2D eigenvalue weighted by Gasteiger charge is 2.77. The average Bonchev–Trinajstić information content (AvgIpc) is 3.27. The van der Waals surface area contributed by atoms with Gasteiger partial charge in [-0.2, -0.15) is 0 Å². The summed E-state index contributed by atoms with van der Waals surface area (Å²) in [7, 11) is 1.56. The SMILES string of the molecule is COC(=O)CC[C@]12[C@@H]3CCCC3[C@H]3CCC4N3[C@@H]1[C@@H](C(C)C)CC[C@@]42C. The molecule has 4 bridgehead atoms. The van der Waals surface area contributed by atoms with Gasteiger partial charge >= 0.3 is 5.97 Å². The van der Waals surface area contributed by atoms with Crippen LogP contribution in [0.25, 0.3) is 0 Å². The third-order valence-electron chi connectivity index (χ3n) is 10.1. The smallest absolute Gasteiger partial charge is 0.305 e. The van der Waals surface area contributed by atoms with Crippen LogP contribution in [0.15, 0.2) is 0 Å². The van der Waals surface area contributed by atoms with Crippen LogP contribution in [0.3, 0.4) is 0 Å². The van der Waals surface area contributed by atoms with Crippen LogP contribution in [0.2, 0.25) is 0 Å². The molecule has 5 rings (SSSR count). The number of esters is 1. The van der Waals surface area contributed by atoms with Gasteiger partial charge in [0.25, 0.3) is 0 Å². The zero-order valence-corrected chi connectivity index (χ0v) is 17.2. The number of hydrogen-bond donors (Lipinski definition) is 0. The lowest BCUT2D eigenvalue weighted by molar-refractivity contribution is -0.150. The fraction of sp³-hybridized carbons (Fsp3) is 0.957. The highest BCUT2D eigenvalue weighted by Crippen LogP contribution is 2.77. The Morgan fingerprint density at radius 1 is 1.19 bits per heavy atom. The second-order valence-corrected chi connectivity index (χ2v) is 10.7. The quantitative estimate of drug-likeness (QED) is 0.685. The molecule has 0 N–H and O–H groups in total. The number of methoxy groups -OCH3 is 1. The zero-order chi connectivity index (χ0) is 18.3. The summed E-state index contributed by atoms with van der Waals surface area (Å²) in [5.74, 6) is 3.33. The Hall–Kier alpha value is -0.570. The van der Waals surface area contributed by atoms with E-state index in [9.17, 15) is 4.79 Å². The Balaban J connectivity index is 1.65. The molecule has 2 saturated carbocycles. The van der Waals surface area contributed by atoms with Crippen LogP contribution >= 0.6 is 0 Å². The first kappa shape index (κ1) is 17.5. The zero-order valence-electron chi connectivity index (χ0n) is 17.2. The topological polar surface area (TPSA) is 29.5 Å². The van der Waals surface area contributed by atoms with Gasteiger partial charge in [-0.25, -0.2) is 0 Å². The van der Waals surface area contributed by atoms with E-state index in [4.69, 9.17) is 4.74 Å². The van der Waals surface area contributed by atoms with Gasteiger partial charge < -0.3 is 4.74 Å². The van der Waals surface area contributed by atoms with Gasteiger partial charge in [0.05, 0.1) is 7.11 Å². The van der Waals surface area contributed by atoms with E-state index < -0.39 is 0 Å². The van der Waals surface area contributed by atoms with E-state index in [1.165, 1.54) is 44.9 Å². The first-order chi connectivity index (χ1) is 12.5. The van der Waals surface area contributed by atoms with Gasteiger partial charge in [-0.3, -0.25) is 9.69 Å². The number of ether oxygens (including phenoxy) is 1. The van der Waals surface area contributed by atoms with Crippen molar-refractivity contribution in [2.45, 2.75) is 96.7 Å². The van der Waals surface area contributed by atoms with Gasteiger partial charge in [0.2, 0.25) is 0 Å². The van der Waals surface area contributed by atoms with Gasteiger partial charge in [0.1, 0.15) is 0 Å². The largest absolute Gasteiger partial charge is 0.469 e. The number of carbonyl (C=O) groups is 1. The second-order valence-electron chi connectivity index (χ2n) is 10.7. The van der Waals surface area contributed by atoms with Crippen molar-refractivity contribution in [1.82, 2.24) is 4.90 Å². The predicted molar refractivity (Wildman–Crippen MR) is 103 cm³/mol. The second kappa shape index (κ2) is 5.72. The van der Waals surface area contributed by atoms with Crippen LogP contribution in [0.1, 0.15) is 78.6 Å². The summed E-state index contributed by atoms with van der Waals surface area (Å²) in [5.41, 5.74) is 0.771. The number of rotatable bonds is 4. The molecular weight excluding hydrogens is 322 g/mol. The summed E-state index contributed by atoms with van der Waals surface area (Å²) >= 11 is 0. The molecule has 5 fully saturated rings. The molecule has 0 radical (unpaired) electrons. The summed E-state index contributed by atoms with van der Waals surface area (Å²) in [6, 6.07) is 2.36. The lowest BCUT2D eigenvalue weighted by Crippen LogP contribution is -2.64. The molecule has 8 atom stereocenters. The maximum absolute atomic E-state index is 12.2. The summed E-state index contributed by atoms with van der Waals surface area (Å²) in [6.07, 6.45) is 11.6. The van der Waals surface area contributed by atoms with Crippen molar-refractivity contribution in [3.8, 4) is 0 Å². The Morgan fingerprint density at radius 3 is 2.73 bits per heavy atom. The van der Waals surface area contributed by atoms with Gasteiger partial charge in [-0.05, 0) is 79.4 Å². The van der Waals surface area contributed by atoms with Crippen LogP contribution in [-0.2, 0) is 9.53 Å². The van der Waals surface area contributed by atoms with E-state index in [0.717, 1.165) is 48.2 Å². The van der Waals surface area contributed by atoms with Crippen molar-refractivity contribution in [2.75, 3.05) is 7.11 Å². The van der Waals surface area contributed by atoms with Crippen LogP contribution in [-0.4, -0.2) is 36.1 Å². The maximum atomic E-state index is 12.2. The first-order valence-electron chi connectivity index (χ1n) is 11.3. The van der Waals surface area contributed by atoms with Gasteiger partial charge in [-0.15, -0.1) is 0 Å². The molecule has 0 spiro atoms. The summed E-state index contributed by atoms with van der Waals surface area (Å²) in [6.45, 7) is 7.54. The highest BCUT2D eigenvalue weighted by molar-refractivity contribution is 5.69. The highest BCUT2D eigenvalue weighted by atomic mass is 16.5. The molecule has 2 unspecified atom stereocenters. The molecule has 0 amide bonds. The molecule has 3 nitrogen and oxygen atoms in total. The summed E-state index contributed by atoms with van der Waals surface area (Å²) < 4.78 is 5.09. The van der Waals surface area contributed by atoms with Gasteiger partial charge in [0.15, 0.2) is 0 Å². The van der Waals surface area contributed by atoms with Crippen LogP contribution < -0.4 is 0 Å². The van der Waals surface area contributed by atoms with Crippen LogP contribution in [0.4, 0.5) is 0 Å². The third kappa shape index (κ3) is 1.87. The summed E-state index contributed by atoms with van der Waals surface area (Å²) in [5, 5.41) is 0. The molecule has 5 aliphatic rings. The molecule has 3 saturated heterocycles. The molecule has 0 aromatic carbocycles. The predicted octanol–water partition coefficient (Wildman–Crippen LogP) is 4.64. The Morgan fingerprint density at radius 2 is 2.00 bits per heavy atom. The number of fused-ring (bicyclic) bond motifs is 3. The maximum Gasteiger partial charge on any atom is 0.305 e. The van der Waals surface area contributed by atoms with E-state index in [-0.39, 0.29) is 5.97 Å². The van der Waals surface area contributed by atoms with E-state index in [2.05, 4.69) is 25.7 Å². The molecule has 0 aromatic rings. The van der Waals surface area contributed by atoms with Crippen molar-refractivity contribution in [3.05, 3.63) is 0 Å². The van der Waals surface area contributed by atoms with Crippen LogP contribution in [0.5, 0.6) is 0 Å². The Kier molecular flexibility index (Phi) is 3.85. The van der Waals surface area contributed by atoms with Crippen molar-refractivity contribution in [1.29, 1.82) is 0 Å². The number of carbonyl (C=O) groups excluding carboxylic acids is 1. The van der Waals surface area contributed by atoms with Crippen molar-refractivity contribution >= 4 is 5.97 Å². The molecule has 3 heteroatoms. The fourth-order valence-electron chi connectivity index (χ4n) is 9.34. The molecular formula is C23H37NO2. The number of piperidine rings is 1. The minimum absolute atomic E-state index is 0.00544. The summed E-state index contributed by atoms with van der Waals surface area (Å²) in [4.78, 5) is 15.3. The third-order valence-corrected chi connectivity index (χ3v) is 10.1. The molecule has 146 valence electrons. The van der Waals surface area contributed by atoms with Crippen molar-refractivity contribution in [2.24, 2.45) is 34.5 Å². The van der Waals surface area contributed by atoms with Gasteiger partial charge in [0, 0.05) is 24.5 Å². The molecule has 26 heavy (non-hydrogen) atoms.